The molecule has 0 spiro atoms. The molecule has 0 heterocycles. The molecule has 0 saturated carbocycles. The molecule has 0 aliphatic heterocycles. The van der Waals surface area contributed by atoms with Gasteiger partial charge in [0.15, 0.2) is 0 Å². The number of aliphatic carboxylic acids is 1. The maximum Gasteiger partial charge on any atom is 0.303 e. The van der Waals surface area contributed by atoms with Crippen LogP contribution in [0.1, 0.15) is 155 Å². The third-order valence-corrected chi connectivity index (χ3v) is 6.83. The molecule has 5 nitrogen and oxygen atoms in total. The Morgan fingerprint density at radius 2 is 1.06 bits per heavy atom. The van der Waals surface area contributed by atoms with Crippen molar-refractivity contribution in [3.8, 4) is 0 Å². The van der Waals surface area contributed by atoms with Gasteiger partial charge in [0.1, 0.15) is 6.10 Å². The lowest BCUT2D eigenvalue weighted by Crippen LogP contribution is -2.32. The molecular formula is C29H58O5. The summed E-state index contributed by atoms with van der Waals surface area (Å²) in [6.07, 6.45) is 26.1. The largest absolute Gasteiger partial charge is 0.481 e. The molecule has 0 aromatic carbocycles. The summed E-state index contributed by atoms with van der Waals surface area (Å²) in [5.41, 5.74) is 0. The average Bonchev–Trinajstić information content (AvgIpc) is 2.82. The molecule has 0 radical (unpaired) electrons. The van der Waals surface area contributed by atoms with E-state index in [0.717, 1.165) is 25.7 Å². The van der Waals surface area contributed by atoms with Gasteiger partial charge >= 0.3 is 5.97 Å². The highest BCUT2D eigenvalue weighted by Crippen LogP contribution is 2.16. The molecule has 0 aliphatic carbocycles. The van der Waals surface area contributed by atoms with Gasteiger partial charge in [-0.15, -0.1) is 0 Å². The first-order valence-electron chi connectivity index (χ1n) is 14.7. The highest BCUT2D eigenvalue weighted by molar-refractivity contribution is 5.66. The van der Waals surface area contributed by atoms with Crippen LogP contribution < -0.4 is 0 Å². The Labute approximate surface area is 211 Å². The highest BCUT2D eigenvalue weighted by atomic mass is 16.5. The molecule has 0 bridgehead atoms. The second-order valence-corrected chi connectivity index (χ2v) is 10.2. The molecule has 1 unspecified atom stereocenters. The smallest absolute Gasteiger partial charge is 0.303 e. The Kier molecular flexibility index (Phi) is 26.4. The molecule has 2 atom stereocenters. The first-order valence-corrected chi connectivity index (χ1v) is 14.7. The Hall–Kier alpha value is -0.650. The van der Waals surface area contributed by atoms with Crippen molar-refractivity contribution in [2.75, 3.05) is 13.2 Å². The summed E-state index contributed by atoms with van der Waals surface area (Å²) < 4.78 is 5.60. The lowest BCUT2D eigenvalue weighted by Gasteiger charge is -2.21. The van der Waals surface area contributed by atoms with Crippen molar-refractivity contribution in [3.05, 3.63) is 0 Å². The quantitative estimate of drug-likeness (QED) is 0.0982. The number of carbonyl (C=O) groups is 1. The molecule has 34 heavy (non-hydrogen) atoms. The van der Waals surface area contributed by atoms with Crippen LogP contribution in [0.15, 0.2) is 0 Å². The average molecular weight is 487 g/mol. The molecule has 0 saturated heterocycles. The minimum atomic E-state index is -0.770. The fraction of sp³-hybridized carbons (Fsp3) is 0.966. The standard InChI is InChI=1S/C29H58O5/c1-2-3-4-5-6-7-8-9-10-11-12-13-14-15-16-17-18-20-23-27(31)28(26-30)34-25-22-19-21-24-29(32)33/h27-28,30-31H,2-26H2,1H3,(H,32,33)/t27?,28-/m0/s1. The van der Waals surface area contributed by atoms with Gasteiger partial charge in [-0.25, -0.2) is 0 Å². The Balaban J connectivity index is 3.36. The number of ether oxygens (including phenoxy) is 1. The predicted molar refractivity (Wildman–Crippen MR) is 142 cm³/mol. The second-order valence-electron chi connectivity index (χ2n) is 10.2. The zero-order valence-electron chi connectivity index (χ0n) is 22.5. The first-order chi connectivity index (χ1) is 16.6. The van der Waals surface area contributed by atoms with E-state index in [4.69, 9.17) is 9.84 Å². The third-order valence-electron chi connectivity index (χ3n) is 6.83. The van der Waals surface area contributed by atoms with E-state index >= 15 is 0 Å². The summed E-state index contributed by atoms with van der Waals surface area (Å²) in [5.74, 6) is -0.770. The van der Waals surface area contributed by atoms with Crippen LogP contribution >= 0.6 is 0 Å². The van der Waals surface area contributed by atoms with E-state index in [0.29, 0.717) is 19.4 Å². The fourth-order valence-electron chi connectivity index (χ4n) is 4.52. The van der Waals surface area contributed by atoms with Gasteiger partial charge < -0.3 is 20.1 Å². The van der Waals surface area contributed by atoms with Crippen molar-refractivity contribution in [1.29, 1.82) is 0 Å². The fourth-order valence-corrected chi connectivity index (χ4v) is 4.52. The predicted octanol–water partition coefficient (Wildman–Crippen LogP) is 7.80. The van der Waals surface area contributed by atoms with Crippen molar-refractivity contribution in [3.63, 3.8) is 0 Å². The van der Waals surface area contributed by atoms with E-state index in [1.165, 1.54) is 103 Å². The van der Waals surface area contributed by atoms with E-state index in [1.807, 2.05) is 0 Å². The van der Waals surface area contributed by atoms with Crippen LogP contribution in [0.4, 0.5) is 0 Å². The minimum absolute atomic E-state index is 0.171. The van der Waals surface area contributed by atoms with Crippen molar-refractivity contribution in [2.24, 2.45) is 0 Å². The maximum absolute atomic E-state index is 10.5. The Bertz CT molecular complexity index is 415. The number of carboxylic acids is 1. The van der Waals surface area contributed by atoms with E-state index < -0.39 is 18.2 Å². The number of hydrogen-bond acceptors (Lipinski definition) is 4. The molecule has 204 valence electrons. The summed E-state index contributed by atoms with van der Waals surface area (Å²) in [5, 5.41) is 28.3. The van der Waals surface area contributed by atoms with Crippen LogP contribution in [0, 0.1) is 0 Å². The topological polar surface area (TPSA) is 87.0 Å². The van der Waals surface area contributed by atoms with E-state index in [1.54, 1.807) is 0 Å². The SMILES string of the molecule is CCCCCCCCCCCCCCCCCCCCC(O)[C@H](CO)OCCCCCC(=O)O. The summed E-state index contributed by atoms with van der Waals surface area (Å²) in [6, 6.07) is 0. The maximum atomic E-state index is 10.5. The molecule has 3 N–H and O–H groups in total. The van der Waals surface area contributed by atoms with Gasteiger partial charge in [-0.1, -0.05) is 129 Å². The molecule has 5 heteroatoms. The molecule has 0 fully saturated rings. The number of rotatable bonds is 28. The molecule has 0 amide bonds. The molecule has 0 rings (SSSR count). The minimum Gasteiger partial charge on any atom is -0.481 e. The number of aliphatic hydroxyl groups excluding tert-OH is 2. The summed E-state index contributed by atoms with van der Waals surface area (Å²) in [4.78, 5) is 10.5. The highest BCUT2D eigenvalue weighted by Gasteiger charge is 2.18. The van der Waals surface area contributed by atoms with E-state index in [2.05, 4.69) is 6.92 Å². The van der Waals surface area contributed by atoms with Crippen molar-refractivity contribution in [1.82, 2.24) is 0 Å². The Morgan fingerprint density at radius 3 is 1.47 bits per heavy atom. The van der Waals surface area contributed by atoms with Crippen LogP contribution in [0.2, 0.25) is 0 Å². The lowest BCUT2D eigenvalue weighted by atomic mass is 10.0. The van der Waals surface area contributed by atoms with E-state index in [-0.39, 0.29) is 13.0 Å². The first kappa shape index (κ1) is 33.4. The normalized spacial score (nSPS) is 13.3. The van der Waals surface area contributed by atoms with Crippen molar-refractivity contribution >= 4 is 5.97 Å². The number of carboxylic acid groups (broad SMARTS) is 1. The number of unbranched alkanes of at least 4 members (excludes halogenated alkanes) is 19. The van der Waals surface area contributed by atoms with Crippen molar-refractivity contribution < 1.29 is 24.9 Å². The van der Waals surface area contributed by atoms with E-state index in [9.17, 15) is 15.0 Å². The van der Waals surface area contributed by atoms with Gasteiger partial charge in [-0.05, 0) is 19.3 Å². The number of aliphatic hydroxyl groups is 2. The van der Waals surface area contributed by atoms with Gasteiger partial charge in [0.05, 0.1) is 12.7 Å². The molecule has 0 aliphatic rings. The van der Waals surface area contributed by atoms with Gasteiger partial charge in [0.2, 0.25) is 0 Å². The van der Waals surface area contributed by atoms with Crippen LogP contribution in [0.3, 0.4) is 0 Å². The van der Waals surface area contributed by atoms with Crippen molar-refractivity contribution in [2.45, 2.75) is 167 Å². The molecule has 0 aromatic heterocycles. The zero-order valence-corrected chi connectivity index (χ0v) is 22.5. The third kappa shape index (κ3) is 24.5. The lowest BCUT2D eigenvalue weighted by molar-refractivity contribution is -0.137. The summed E-state index contributed by atoms with van der Waals surface area (Å²) >= 11 is 0. The number of hydrogen-bond donors (Lipinski definition) is 3. The molecular weight excluding hydrogens is 428 g/mol. The van der Waals surface area contributed by atoms with Gasteiger partial charge in [0, 0.05) is 13.0 Å². The Morgan fingerprint density at radius 1 is 0.647 bits per heavy atom. The van der Waals surface area contributed by atoms with Crippen LogP contribution in [-0.4, -0.2) is 46.7 Å². The molecule has 0 aromatic rings. The van der Waals surface area contributed by atoms with Crippen LogP contribution in [-0.2, 0) is 9.53 Å². The monoisotopic (exact) mass is 486 g/mol. The zero-order chi connectivity index (χ0) is 25.1. The summed E-state index contributed by atoms with van der Waals surface area (Å²) in [7, 11) is 0. The van der Waals surface area contributed by atoms with Crippen LogP contribution in [0.5, 0.6) is 0 Å². The van der Waals surface area contributed by atoms with Crippen LogP contribution in [0.25, 0.3) is 0 Å². The van der Waals surface area contributed by atoms with Gasteiger partial charge in [-0.3, -0.25) is 4.79 Å². The van der Waals surface area contributed by atoms with Gasteiger partial charge in [-0.2, -0.15) is 0 Å². The second kappa shape index (κ2) is 26.9. The summed E-state index contributed by atoms with van der Waals surface area (Å²) in [6.45, 7) is 2.57. The van der Waals surface area contributed by atoms with Gasteiger partial charge in [0.25, 0.3) is 0 Å².